The summed E-state index contributed by atoms with van der Waals surface area (Å²) in [7, 11) is -4.40. The highest BCUT2D eigenvalue weighted by Gasteiger charge is 2.20. The van der Waals surface area contributed by atoms with Gasteiger partial charge in [0.1, 0.15) is 4.90 Å². The molecular weight excluding hydrogens is 328 g/mol. The Balaban J connectivity index is 2.29. The van der Waals surface area contributed by atoms with Gasteiger partial charge in [0.2, 0.25) is 10.0 Å². The van der Waals surface area contributed by atoms with Gasteiger partial charge in [0.15, 0.2) is 0 Å². The van der Waals surface area contributed by atoms with Gasteiger partial charge < -0.3 is 0 Å². The lowest BCUT2D eigenvalue weighted by Gasteiger charge is -2.08. The standard InChI is InChI=1S/C12H16N4O4S2/c1-9-12(8-16(3)14-9)22(19,20)15-10-4-6-11(7-5-10)21(17,18)13-2/h4-8,13,15H,1-3H3. The van der Waals surface area contributed by atoms with Crippen LogP contribution in [0.1, 0.15) is 5.69 Å². The average molecular weight is 344 g/mol. The maximum Gasteiger partial charge on any atom is 0.265 e. The Morgan fingerprint density at radius 3 is 2.09 bits per heavy atom. The molecule has 0 spiro atoms. The van der Waals surface area contributed by atoms with E-state index in [9.17, 15) is 16.8 Å². The highest BCUT2D eigenvalue weighted by Crippen LogP contribution is 2.19. The van der Waals surface area contributed by atoms with Gasteiger partial charge in [0.05, 0.1) is 10.6 Å². The molecule has 0 unspecified atom stereocenters. The molecule has 1 heterocycles. The van der Waals surface area contributed by atoms with Crippen LogP contribution in [0.3, 0.4) is 0 Å². The van der Waals surface area contributed by atoms with E-state index in [0.29, 0.717) is 5.69 Å². The Morgan fingerprint density at radius 1 is 1.05 bits per heavy atom. The Morgan fingerprint density at radius 2 is 1.64 bits per heavy atom. The number of nitrogens with one attached hydrogen (secondary N) is 2. The van der Waals surface area contributed by atoms with E-state index in [1.807, 2.05) is 0 Å². The second kappa shape index (κ2) is 5.71. The zero-order chi connectivity index (χ0) is 16.5. The van der Waals surface area contributed by atoms with Crippen molar-refractivity contribution in [1.29, 1.82) is 0 Å². The first-order valence-electron chi connectivity index (χ1n) is 6.22. The highest BCUT2D eigenvalue weighted by atomic mass is 32.2. The van der Waals surface area contributed by atoms with Crippen LogP contribution in [0.25, 0.3) is 0 Å². The van der Waals surface area contributed by atoms with E-state index in [2.05, 4.69) is 14.5 Å². The number of sulfonamides is 2. The quantitative estimate of drug-likeness (QED) is 0.818. The number of nitrogens with zero attached hydrogens (tertiary/aromatic N) is 2. The topological polar surface area (TPSA) is 110 Å². The number of benzene rings is 1. The molecule has 8 nitrogen and oxygen atoms in total. The van der Waals surface area contributed by atoms with Crippen LogP contribution in [0.4, 0.5) is 5.69 Å². The van der Waals surface area contributed by atoms with Gasteiger partial charge in [-0.1, -0.05) is 0 Å². The van der Waals surface area contributed by atoms with Crippen LogP contribution < -0.4 is 9.44 Å². The third-order valence-corrected chi connectivity index (χ3v) is 5.86. The van der Waals surface area contributed by atoms with Crippen molar-refractivity contribution in [3.63, 3.8) is 0 Å². The van der Waals surface area contributed by atoms with Crippen molar-refractivity contribution in [2.24, 2.45) is 7.05 Å². The molecule has 0 fully saturated rings. The lowest BCUT2D eigenvalue weighted by atomic mass is 10.3. The monoisotopic (exact) mass is 344 g/mol. The van der Waals surface area contributed by atoms with Gasteiger partial charge in [-0.3, -0.25) is 9.40 Å². The molecule has 0 radical (unpaired) electrons. The van der Waals surface area contributed by atoms with E-state index in [1.54, 1.807) is 14.0 Å². The van der Waals surface area contributed by atoms with Crippen molar-refractivity contribution in [2.75, 3.05) is 11.8 Å². The number of hydrogen-bond acceptors (Lipinski definition) is 5. The molecule has 0 aliphatic heterocycles. The molecule has 0 atom stereocenters. The number of rotatable bonds is 5. The molecule has 10 heteroatoms. The number of aromatic nitrogens is 2. The molecule has 0 aliphatic rings. The molecule has 120 valence electrons. The van der Waals surface area contributed by atoms with Crippen molar-refractivity contribution in [2.45, 2.75) is 16.7 Å². The largest absolute Gasteiger partial charge is 0.280 e. The van der Waals surface area contributed by atoms with Crippen molar-refractivity contribution >= 4 is 25.7 Å². The SMILES string of the molecule is CNS(=O)(=O)c1ccc(NS(=O)(=O)c2cn(C)nc2C)cc1. The molecule has 0 aliphatic carbocycles. The van der Waals surface area contributed by atoms with E-state index in [-0.39, 0.29) is 15.5 Å². The lowest BCUT2D eigenvalue weighted by molar-refractivity contribution is 0.588. The minimum atomic E-state index is -3.78. The number of anilines is 1. The van der Waals surface area contributed by atoms with Gasteiger partial charge >= 0.3 is 0 Å². The highest BCUT2D eigenvalue weighted by molar-refractivity contribution is 7.92. The molecule has 0 amide bonds. The summed E-state index contributed by atoms with van der Waals surface area (Å²) in [5.74, 6) is 0. The third-order valence-electron chi connectivity index (χ3n) is 2.94. The van der Waals surface area contributed by atoms with Crippen molar-refractivity contribution in [3.8, 4) is 0 Å². The first kappa shape index (κ1) is 16.5. The molecule has 1 aromatic carbocycles. The normalized spacial score (nSPS) is 12.3. The summed E-state index contributed by atoms with van der Waals surface area (Å²) < 4.78 is 53.8. The smallest absolute Gasteiger partial charge is 0.265 e. The summed E-state index contributed by atoms with van der Waals surface area (Å²) in [5, 5.41) is 3.99. The summed E-state index contributed by atoms with van der Waals surface area (Å²) in [5.41, 5.74) is 0.641. The van der Waals surface area contributed by atoms with Crippen LogP contribution in [-0.4, -0.2) is 33.7 Å². The summed E-state index contributed by atoms with van der Waals surface area (Å²) in [6, 6.07) is 5.40. The van der Waals surface area contributed by atoms with E-state index in [0.717, 1.165) is 0 Å². The van der Waals surface area contributed by atoms with Gasteiger partial charge in [-0.25, -0.2) is 21.6 Å². The van der Waals surface area contributed by atoms with Crippen LogP contribution >= 0.6 is 0 Å². The first-order chi connectivity index (χ1) is 10.2. The van der Waals surface area contributed by atoms with E-state index < -0.39 is 20.0 Å². The van der Waals surface area contributed by atoms with Gasteiger partial charge in [0, 0.05) is 18.9 Å². The molecule has 0 bridgehead atoms. The Hall–Kier alpha value is -1.91. The van der Waals surface area contributed by atoms with Crippen molar-refractivity contribution in [3.05, 3.63) is 36.2 Å². The van der Waals surface area contributed by atoms with Gasteiger partial charge in [-0.15, -0.1) is 0 Å². The van der Waals surface area contributed by atoms with Crippen LogP contribution in [0.2, 0.25) is 0 Å². The minimum Gasteiger partial charge on any atom is -0.280 e. The van der Waals surface area contributed by atoms with Gasteiger partial charge in [0.25, 0.3) is 10.0 Å². The second-order valence-corrected chi connectivity index (χ2v) is 8.13. The van der Waals surface area contributed by atoms with Crippen molar-refractivity contribution < 1.29 is 16.8 Å². The lowest BCUT2D eigenvalue weighted by Crippen LogP contribution is -2.18. The van der Waals surface area contributed by atoms with Crippen LogP contribution in [0, 0.1) is 6.92 Å². The third kappa shape index (κ3) is 3.29. The number of hydrogen-bond donors (Lipinski definition) is 2. The van der Waals surface area contributed by atoms with Crippen LogP contribution in [0.5, 0.6) is 0 Å². The Kier molecular flexibility index (Phi) is 4.27. The maximum absolute atomic E-state index is 12.3. The fourth-order valence-corrected chi connectivity index (χ4v) is 3.88. The van der Waals surface area contributed by atoms with E-state index >= 15 is 0 Å². The number of aryl methyl sites for hydroxylation is 2. The van der Waals surface area contributed by atoms with Crippen LogP contribution in [-0.2, 0) is 27.1 Å². The molecule has 2 N–H and O–H groups in total. The van der Waals surface area contributed by atoms with Crippen LogP contribution in [0.15, 0.2) is 40.3 Å². The molecule has 2 aromatic rings. The summed E-state index contributed by atoms with van der Waals surface area (Å²) in [6.45, 7) is 1.59. The van der Waals surface area contributed by atoms with Crippen molar-refractivity contribution in [1.82, 2.24) is 14.5 Å². The fraction of sp³-hybridized carbons (Fsp3) is 0.250. The molecule has 0 saturated heterocycles. The minimum absolute atomic E-state index is 0.0514. The first-order valence-corrected chi connectivity index (χ1v) is 9.19. The fourth-order valence-electron chi connectivity index (χ4n) is 1.87. The average Bonchev–Trinajstić information content (AvgIpc) is 2.79. The molecular formula is C12H16N4O4S2. The summed E-state index contributed by atoms with van der Waals surface area (Å²) in [4.78, 5) is 0.123. The molecule has 0 saturated carbocycles. The summed E-state index contributed by atoms with van der Waals surface area (Å²) >= 11 is 0. The Labute approximate surface area is 129 Å². The predicted octanol–water partition coefficient (Wildman–Crippen LogP) is 0.437. The Bertz CT molecular complexity index is 884. The van der Waals surface area contributed by atoms with Gasteiger partial charge in [-0.05, 0) is 38.2 Å². The zero-order valence-corrected chi connectivity index (χ0v) is 13.9. The van der Waals surface area contributed by atoms with Gasteiger partial charge in [-0.2, -0.15) is 5.10 Å². The second-order valence-electron chi connectivity index (χ2n) is 4.59. The molecule has 22 heavy (non-hydrogen) atoms. The molecule has 2 rings (SSSR count). The van der Waals surface area contributed by atoms with E-state index in [1.165, 1.54) is 42.2 Å². The van der Waals surface area contributed by atoms with E-state index in [4.69, 9.17) is 0 Å². The zero-order valence-electron chi connectivity index (χ0n) is 12.2. The maximum atomic E-state index is 12.3. The summed E-state index contributed by atoms with van der Waals surface area (Å²) in [6.07, 6.45) is 1.40. The predicted molar refractivity (Wildman–Crippen MR) is 81.4 cm³/mol. The molecule has 1 aromatic heterocycles.